The smallest absolute Gasteiger partial charge is 0.235 e. The molecule has 2 aliphatic rings. The summed E-state index contributed by atoms with van der Waals surface area (Å²) < 4.78 is 24.8. The molecule has 0 bridgehead atoms. The lowest BCUT2D eigenvalue weighted by Gasteiger charge is -2.36. The van der Waals surface area contributed by atoms with Gasteiger partial charge in [-0.15, -0.1) is 0 Å². The van der Waals surface area contributed by atoms with Gasteiger partial charge >= 0.3 is 0 Å². The lowest BCUT2D eigenvalue weighted by atomic mass is 9.73. The average molecular weight is 383 g/mol. The Bertz CT molecular complexity index is 792. The third-order valence-electron chi connectivity index (χ3n) is 5.89. The fourth-order valence-corrected chi connectivity index (χ4v) is 4.20. The molecule has 1 heterocycles. The number of hydrogen-bond acceptors (Lipinski definition) is 3. The maximum atomic E-state index is 13.4. The van der Waals surface area contributed by atoms with E-state index >= 15 is 0 Å². The van der Waals surface area contributed by atoms with Gasteiger partial charge in [0.15, 0.2) is 0 Å². The van der Waals surface area contributed by atoms with E-state index in [1.54, 1.807) is 12.1 Å². The molecule has 2 aromatic carbocycles. The van der Waals surface area contributed by atoms with Gasteiger partial charge in [-0.25, -0.2) is 4.39 Å². The van der Waals surface area contributed by atoms with Gasteiger partial charge in [-0.2, -0.15) is 0 Å². The van der Waals surface area contributed by atoms with Crippen molar-refractivity contribution in [3.05, 3.63) is 59.9 Å². The normalized spacial score (nSPS) is 19.3. The molecule has 0 radical (unpaired) electrons. The molecule has 4 nitrogen and oxygen atoms in total. The Kier molecular flexibility index (Phi) is 5.62. The van der Waals surface area contributed by atoms with Gasteiger partial charge in [0.2, 0.25) is 5.91 Å². The highest BCUT2D eigenvalue weighted by molar-refractivity contribution is 5.99. The number of benzene rings is 2. The first-order valence-corrected chi connectivity index (χ1v) is 10.1. The van der Waals surface area contributed by atoms with Gasteiger partial charge in [0.25, 0.3) is 0 Å². The fourth-order valence-electron chi connectivity index (χ4n) is 4.20. The summed E-state index contributed by atoms with van der Waals surface area (Å²) in [5.74, 6) is 0.459. The summed E-state index contributed by atoms with van der Waals surface area (Å²) in [7, 11) is 0. The van der Waals surface area contributed by atoms with Crippen molar-refractivity contribution in [1.82, 2.24) is 0 Å². The Morgan fingerprint density at radius 3 is 2.29 bits per heavy atom. The van der Waals surface area contributed by atoms with Crippen molar-refractivity contribution < 1.29 is 18.7 Å². The molecule has 0 unspecified atom stereocenters. The molecule has 28 heavy (non-hydrogen) atoms. The summed E-state index contributed by atoms with van der Waals surface area (Å²) >= 11 is 0. The van der Waals surface area contributed by atoms with Crippen LogP contribution in [0.5, 0.6) is 5.75 Å². The van der Waals surface area contributed by atoms with Gasteiger partial charge in [0.05, 0.1) is 11.5 Å². The van der Waals surface area contributed by atoms with Crippen LogP contribution in [0.15, 0.2) is 48.5 Å². The first kappa shape index (κ1) is 18.9. The summed E-state index contributed by atoms with van der Waals surface area (Å²) in [4.78, 5) is 13.2. The average Bonchev–Trinajstić information content (AvgIpc) is 3.23. The second-order valence-corrected chi connectivity index (χ2v) is 7.70. The lowest BCUT2D eigenvalue weighted by Crippen LogP contribution is -2.44. The van der Waals surface area contributed by atoms with E-state index in [0.29, 0.717) is 32.2 Å². The molecule has 2 aromatic rings. The van der Waals surface area contributed by atoms with Crippen LogP contribution in [0.3, 0.4) is 0 Å². The molecule has 5 heteroatoms. The van der Waals surface area contributed by atoms with Crippen LogP contribution in [0.1, 0.15) is 44.1 Å². The topological polar surface area (TPSA) is 47.6 Å². The number of carbonyl (C=O) groups excluding carboxylic acids is 1. The summed E-state index contributed by atoms with van der Waals surface area (Å²) in [6, 6.07) is 13.8. The molecule has 4 rings (SSSR count). The van der Waals surface area contributed by atoms with Crippen molar-refractivity contribution in [2.24, 2.45) is 0 Å². The quantitative estimate of drug-likeness (QED) is 0.804. The SMILES string of the molecule is O=C(Nc1ccc(OC2CCCC2)cc1)C1(c2ccc(F)cc2)CCOCC1. The molecule has 0 atom stereocenters. The van der Waals surface area contributed by atoms with E-state index in [1.165, 1.54) is 25.0 Å². The van der Waals surface area contributed by atoms with Gasteiger partial charge in [0, 0.05) is 18.9 Å². The van der Waals surface area contributed by atoms with Crippen LogP contribution in [0.25, 0.3) is 0 Å². The first-order valence-electron chi connectivity index (χ1n) is 10.1. The number of hydrogen-bond donors (Lipinski definition) is 1. The van der Waals surface area contributed by atoms with Crippen molar-refractivity contribution in [3.63, 3.8) is 0 Å². The molecule has 1 saturated carbocycles. The number of amides is 1. The summed E-state index contributed by atoms with van der Waals surface area (Å²) in [6.45, 7) is 1.03. The van der Waals surface area contributed by atoms with Crippen LogP contribution in [0.2, 0.25) is 0 Å². The number of ether oxygens (including phenoxy) is 2. The van der Waals surface area contributed by atoms with Gasteiger partial charge in [0.1, 0.15) is 11.6 Å². The Labute approximate surface area is 165 Å². The minimum absolute atomic E-state index is 0.0770. The van der Waals surface area contributed by atoms with Crippen LogP contribution < -0.4 is 10.1 Å². The molecule has 1 N–H and O–H groups in total. The van der Waals surface area contributed by atoms with E-state index in [4.69, 9.17) is 9.47 Å². The zero-order chi connectivity index (χ0) is 19.4. The third kappa shape index (κ3) is 4.04. The van der Waals surface area contributed by atoms with Crippen molar-refractivity contribution in [2.75, 3.05) is 18.5 Å². The van der Waals surface area contributed by atoms with Crippen molar-refractivity contribution in [3.8, 4) is 5.75 Å². The van der Waals surface area contributed by atoms with Gasteiger partial charge in [-0.3, -0.25) is 4.79 Å². The number of nitrogens with one attached hydrogen (secondary N) is 1. The molecule has 0 aromatic heterocycles. The minimum atomic E-state index is -0.703. The van der Waals surface area contributed by atoms with Crippen molar-refractivity contribution >= 4 is 11.6 Å². The standard InChI is InChI=1S/C23H26FNO3/c24-18-7-5-17(6-8-18)23(13-15-27-16-14-23)22(26)25-19-9-11-21(12-10-19)28-20-3-1-2-4-20/h5-12,20H,1-4,13-16H2,(H,25,26). The van der Waals surface area contributed by atoms with Crippen LogP contribution in [0, 0.1) is 5.82 Å². The molecule has 148 valence electrons. The first-order chi connectivity index (χ1) is 13.7. The second-order valence-electron chi connectivity index (χ2n) is 7.70. The Morgan fingerprint density at radius 2 is 1.64 bits per heavy atom. The van der Waals surface area contributed by atoms with E-state index in [0.717, 1.165) is 29.8 Å². The molecular formula is C23H26FNO3. The monoisotopic (exact) mass is 383 g/mol. The zero-order valence-electron chi connectivity index (χ0n) is 16.0. The highest BCUT2D eigenvalue weighted by atomic mass is 19.1. The molecule has 1 saturated heterocycles. The summed E-state index contributed by atoms with van der Waals surface area (Å²) in [5, 5.41) is 3.04. The van der Waals surface area contributed by atoms with Crippen LogP contribution in [-0.4, -0.2) is 25.2 Å². The number of carbonyl (C=O) groups is 1. The lowest BCUT2D eigenvalue weighted by molar-refractivity contribution is -0.125. The van der Waals surface area contributed by atoms with Crippen LogP contribution >= 0.6 is 0 Å². The third-order valence-corrected chi connectivity index (χ3v) is 5.89. The molecule has 2 fully saturated rings. The highest BCUT2D eigenvalue weighted by Crippen LogP contribution is 2.36. The molecule has 0 spiro atoms. The Balaban J connectivity index is 1.48. The van der Waals surface area contributed by atoms with Gasteiger partial charge in [-0.1, -0.05) is 12.1 Å². The van der Waals surface area contributed by atoms with Crippen molar-refractivity contribution in [2.45, 2.75) is 50.0 Å². The molecule has 1 aliphatic carbocycles. The fraction of sp³-hybridized carbons (Fsp3) is 0.435. The number of anilines is 1. The Hall–Kier alpha value is -2.40. The Morgan fingerprint density at radius 1 is 1.00 bits per heavy atom. The number of halogens is 1. The largest absolute Gasteiger partial charge is 0.490 e. The molecule has 1 aliphatic heterocycles. The maximum Gasteiger partial charge on any atom is 0.235 e. The molecule has 1 amide bonds. The van der Waals surface area contributed by atoms with E-state index in [1.807, 2.05) is 24.3 Å². The van der Waals surface area contributed by atoms with Gasteiger partial charge in [-0.05, 0) is 80.5 Å². The van der Waals surface area contributed by atoms with E-state index in [2.05, 4.69) is 5.32 Å². The van der Waals surface area contributed by atoms with Crippen LogP contribution in [-0.2, 0) is 14.9 Å². The highest BCUT2D eigenvalue weighted by Gasteiger charge is 2.41. The summed E-state index contributed by atoms with van der Waals surface area (Å²) in [5.41, 5.74) is 0.859. The second kappa shape index (κ2) is 8.31. The van der Waals surface area contributed by atoms with Gasteiger partial charge < -0.3 is 14.8 Å². The van der Waals surface area contributed by atoms with E-state index in [9.17, 15) is 9.18 Å². The predicted octanol–water partition coefficient (Wildman–Crippen LogP) is 4.83. The summed E-state index contributed by atoms with van der Waals surface area (Å²) in [6.07, 6.45) is 6.15. The molecular weight excluding hydrogens is 357 g/mol. The zero-order valence-corrected chi connectivity index (χ0v) is 16.0. The predicted molar refractivity (Wildman–Crippen MR) is 106 cm³/mol. The number of rotatable bonds is 5. The minimum Gasteiger partial charge on any atom is -0.490 e. The van der Waals surface area contributed by atoms with E-state index in [-0.39, 0.29) is 11.7 Å². The van der Waals surface area contributed by atoms with E-state index < -0.39 is 5.41 Å². The van der Waals surface area contributed by atoms with Crippen LogP contribution in [0.4, 0.5) is 10.1 Å². The van der Waals surface area contributed by atoms with Crippen molar-refractivity contribution in [1.29, 1.82) is 0 Å². The maximum absolute atomic E-state index is 13.4.